The molecule has 0 rings (SSSR count). The third kappa shape index (κ3) is 70.0. The summed E-state index contributed by atoms with van der Waals surface area (Å²) in [5.41, 5.74) is 0. The highest BCUT2D eigenvalue weighted by molar-refractivity contribution is 7.47. The Morgan fingerprint density at radius 1 is 0.323 bits per heavy atom. The van der Waals surface area contributed by atoms with Crippen LogP contribution in [0, 0.1) is 5.92 Å². The number of allylic oxidation sites excluding steroid dienone is 4. The molecule has 0 spiro atoms. The highest BCUT2D eigenvalue weighted by Gasteiger charge is 2.30. The monoisotopic (exact) mass is 1410 g/mol. The molecule has 0 aliphatic carbocycles. The van der Waals surface area contributed by atoms with Crippen LogP contribution < -0.4 is 0 Å². The summed E-state index contributed by atoms with van der Waals surface area (Å²) in [6.45, 7) is 7.21. The minimum atomic E-state index is -4.96. The van der Waals surface area contributed by atoms with E-state index in [1.165, 1.54) is 186 Å². The second-order valence-corrected chi connectivity index (χ2v) is 30.4. The number of phosphoric ester groups is 2. The van der Waals surface area contributed by atoms with E-state index in [4.69, 9.17) is 37.0 Å². The molecule has 0 aliphatic heterocycles. The molecule has 0 radical (unpaired) electrons. The van der Waals surface area contributed by atoms with Gasteiger partial charge < -0.3 is 33.8 Å². The van der Waals surface area contributed by atoms with Crippen molar-refractivity contribution in [1.29, 1.82) is 0 Å². The number of hydrogen-bond acceptors (Lipinski definition) is 15. The Labute approximate surface area is 586 Å². The first kappa shape index (κ1) is 93.5. The van der Waals surface area contributed by atoms with E-state index >= 15 is 0 Å². The van der Waals surface area contributed by atoms with Crippen molar-refractivity contribution in [2.24, 2.45) is 5.92 Å². The summed E-state index contributed by atoms with van der Waals surface area (Å²) in [5.74, 6) is -1.39. The lowest BCUT2D eigenvalue weighted by atomic mass is 10.0. The first-order valence-electron chi connectivity index (χ1n) is 39.5. The molecule has 0 heterocycles. The van der Waals surface area contributed by atoms with Crippen LogP contribution >= 0.6 is 15.6 Å². The standard InChI is InChI=1S/C77H146O17P2/c1-6-9-12-15-18-21-24-26-28-29-30-32-34-36-42-47-52-57-62-76(81)93-73(67-88-75(80)61-56-51-46-41-35-33-31-27-25-22-19-16-13-10-7-2)69-92-96(85,86)90-65-71(78)64-89-95(83,84)91-68-72(66-87-74(79)60-55-50-45-40-23-20-17-14-11-8-3)94-77(82)63-58-53-48-43-38-37-39-44-49-54-59-70(4)5/h22,25,27,31,70-73,78H,6-21,23-24,26,28-30,32-69H2,1-5H3,(H,83,84)(H,85,86)/b25-22-,31-27-/t71-,72+,73+/m0/s1. The van der Waals surface area contributed by atoms with Gasteiger partial charge in [0.2, 0.25) is 0 Å². The summed E-state index contributed by atoms with van der Waals surface area (Å²) in [6, 6.07) is 0. The number of rotatable bonds is 75. The van der Waals surface area contributed by atoms with E-state index in [9.17, 15) is 43.2 Å². The fourth-order valence-corrected chi connectivity index (χ4v) is 12.9. The maximum absolute atomic E-state index is 13.1. The Morgan fingerprint density at radius 2 is 0.562 bits per heavy atom. The molecule has 3 N–H and O–H groups in total. The smallest absolute Gasteiger partial charge is 0.462 e. The average molecular weight is 1410 g/mol. The van der Waals surface area contributed by atoms with Crippen LogP contribution in [0.25, 0.3) is 0 Å². The van der Waals surface area contributed by atoms with Crippen molar-refractivity contribution in [3.63, 3.8) is 0 Å². The van der Waals surface area contributed by atoms with Gasteiger partial charge in [-0.1, -0.05) is 329 Å². The second kappa shape index (κ2) is 69.6. The number of unbranched alkanes of at least 4 members (excludes halogenated alkanes) is 44. The Kier molecular flexibility index (Phi) is 67.8. The summed E-state index contributed by atoms with van der Waals surface area (Å²) in [6.07, 6.45) is 61.8. The topological polar surface area (TPSA) is 237 Å². The zero-order valence-corrected chi connectivity index (χ0v) is 63.8. The number of aliphatic hydroxyl groups excluding tert-OH is 1. The Hall–Kier alpha value is -2.46. The quantitative estimate of drug-likeness (QED) is 0.0169. The molecule has 0 aromatic rings. The van der Waals surface area contributed by atoms with E-state index in [0.29, 0.717) is 25.7 Å². The SMILES string of the molecule is CCCCCC/C=C\C=C/CCCCCCCC(=O)OC[C@H](COP(=O)(O)OC[C@@H](O)COP(=O)(O)OC[C@@H](COC(=O)CCCCCCCCCCCC)OC(=O)CCCCCCCCCCCCC(C)C)OC(=O)CCCCCCCCCCCCCCCCCCCC. The lowest BCUT2D eigenvalue weighted by Gasteiger charge is -2.21. The van der Waals surface area contributed by atoms with Gasteiger partial charge in [0.25, 0.3) is 0 Å². The fourth-order valence-electron chi connectivity index (χ4n) is 11.3. The molecule has 0 aliphatic rings. The average Bonchev–Trinajstić information content (AvgIpc) is 3.01. The summed E-state index contributed by atoms with van der Waals surface area (Å²) in [4.78, 5) is 72.8. The molecule has 0 aromatic heterocycles. The maximum atomic E-state index is 13.1. The molecule has 5 atom stereocenters. The van der Waals surface area contributed by atoms with Gasteiger partial charge in [-0.3, -0.25) is 37.3 Å². The van der Waals surface area contributed by atoms with Gasteiger partial charge in [-0.05, 0) is 57.3 Å². The summed E-state index contributed by atoms with van der Waals surface area (Å²) >= 11 is 0. The molecule has 0 saturated heterocycles. The Morgan fingerprint density at radius 3 is 0.854 bits per heavy atom. The third-order valence-corrected chi connectivity index (χ3v) is 19.3. The van der Waals surface area contributed by atoms with E-state index in [2.05, 4.69) is 58.9 Å². The molecule has 0 aromatic carbocycles. The molecular weight excluding hydrogens is 1260 g/mol. The number of aliphatic hydroxyl groups is 1. The maximum Gasteiger partial charge on any atom is 0.472 e. The molecule has 96 heavy (non-hydrogen) atoms. The van der Waals surface area contributed by atoms with Gasteiger partial charge in [0.05, 0.1) is 26.4 Å². The van der Waals surface area contributed by atoms with Crippen LogP contribution in [0.2, 0.25) is 0 Å². The van der Waals surface area contributed by atoms with Crippen LogP contribution in [-0.4, -0.2) is 96.7 Å². The first-order chi connectivity index (χ1) is 46.5. The molecule has 17 nitrogen and oxygen atoms in total. The van der Waals surface area contributed by atoms with Gasteiger partial charge in [-0.2, -0.15) is 0 Å². The van der Waals surface area contributed by atoms with Crippen molar-refractivity contribution < 1.29 is 80.2 Å². The normalized spacial score (nSPS) is 14.1. The van der Waals surface area contributed by atoms with Crippen LogP contribution in [0.4, 0.5) is 0 Å². The van der Waals surface area contributed by atoms with Gasteiger partial charge in [0, 0.05) is 25.7 Å². The molecule has 2 unspecified atom stereocenters. The van der Waals surface area contributed by atoms with E-state index in [1.54, 1.807) is 0 Å². The van der Waals surface area contributed by atoms with E-state index in [0.717, 1.165) is 115 Å². The van der Waals surface area contributed by atoms with Gasteiger partial charge in [0.1, 0.15) is 19.3 Å². The molecule has 0 bridgehead atoms. The summed E-state index contributed by atoms with van der Waals surface area (Å²) in [5, 5.41) is 10.6. The zero-order chi connectivity index (χ0) is 70.5. The number of phosphoric acid groups is 2. The number of esters is 4. The largest absolute Gasteiger partial charge is 0.472 e. The fraction of sp³-hybridized carbons (Fsp3) is 0.896. The van der Waals surface area contributed by atoms with Crippen molar-refractivity contribution in [2.75, 3.05) is 39.6 Å². The van der Waals surface area contributed by atoms with Crippen molar-refractivity contribution in [3.8, 4) is 0 Å². The number of hydrogen-bond donors (Lipinski definition) is 3. The van der Waals surface area contributed by atoms with Crippen molar-refractivity contribution >= 4 is 39.5 Å². The highest BCUT2D eigenvalue weighted by atomic mass is 31.2. The predicted octanol–water partition coefficient (Wildman–Crippen LogP) is 22.4. The van der Waals surface area contributed by atoms with Gasteiger partial charge in [-0.15, -0.1) is 0 Å². The van der Waals surface area contributed by atoms with Crippen molar-refractivity contribution in [2.45, 2.75) is 400 Å². The molecule has 0 saturated carbocycles. The Balaban J connectivity index is 5.27. The first-order valence-corrected chi connectivity index (χ1v) is 42.4. The number of carbonyl (C=O) groups excluding carboxylic acids is 4. The van der Waals surface area contributed by atoms with Crippen LogP contribution in [-0.2, 0) is 65.4 Å². The second-order valence-electron chi connectivity index (χ2n) is 27.5. The third-order valence-electron chi connectivity index (χ3n) is 17.4. The lowest BCUT2D eigenvalue weighted by Crippen LogP contribution is -2.30. The summed E-state index contributed by atoms with van der Waals surface area (Å²) in [7, 11) is -9.92. The molecular formula is C77H146O17P2. The lowest BCUT2D eigenvalue weighted by molar-refractivity contribution is -0.161. The number of ether oxygens (including phenoxy) is 4. The van der Waals surface area contributed by atoms with Gasteiger partial charge in [0.15, 0.2) is 12.2 Å². The van der Waals surface area contributed by atoms with Gasteiger partial charge in [-0.25, -0.2) is 9.13 Å². The van der Waals surface area contributed by atoms with Gasteiger partial charge >= 0.3 is 39.5 Å². The summed E-state index contributed by atoms with van der Waals surface area (Å²) < 4.78 is 68.5. The van der Waals surface area contributed by atoms with Crippen molar-refractivity contribution in [3.05, 3.63) is 24.3 Å². The number of carbonyl (C=O) groups is 4. The van der Waals surface area contributed by atoms with Crippen LogP contribution in [0.5, 0.6) is 0 Å². The molecule has 19 heteroatoms. The van der Waals surface area contributed by atoms with Crippen LogP contribution in [0.3, 0.4) is 0 Å². The Bertz CT molecular complexity index is 1930. The zero-order valence-electron chi connectivity index (χ0n) is 62.0. The minimum Gasteiger partial charge on any atom is -0.462 e. The van der Waals surface area contributed by atoms with Crippen molar-refractivity contribution in [1.82, 2.24) is 0 Å². The van der Waals surface area contributed by atoms with E-state index in [1.807, 2.05) is 0 Å². The molecule has 0 amide bonds. The van der Waals surface area contributed by atoms with E-state index < -0.39 is 97.5 Å². The minimum absolute atomic E-state index is 0.102. The predicted molar refractivity (Wildman–Crippen MR) is 391 cm³/mol. The van der Waals surface area contributed by atoms with Crippen LogP contribution in [0.15, 0.2) is 24.3 Å². The van der Waals surface area contributed by atoms with E-state index in [-0.39, 0.29) is 25.7 Å². The highest BCUT2D eigenvalue weighted by Crippen LogP contribution is 2.45. The van der Waals surface area contributed by atoms with Crippen LogP contribution in [0.1, 0.15) is 381 Å². The molecule has 0 fully saturated rings. The molecule has 566 valence electrons.